The van der Waals surface area contributed by atoms with E-state index in [1.165, 1.54) is 4.90 Å². The Balaban J connectivity index is 1.68. The van der Waals surface area contributed by atoms with Gasteiger partial charge in [0.2, 0.25) is 0 Å². The Morgan fingerprint density at radius 3 is 2.18 bits per heavy atom. The lowest BCUT2D eigenvalue weighted by atomic mass is 9.91. The average molecular weight is 438 g/mol. The molecule has 6 heteroatoms. The van der Waals surface area contributed by atoms with Gasteiger partial charge >= 0.3 is 0 Å². The lowest BCUT2D eigenvalue weighted by Gasteiger charge is -2.29. The molecule has 33 heavy (non-hydrogen) atoms. The van der Waals surface area contributed by atoms with Crippen molar-refractivity contribution in [1.29, 1.82) is 5.26 Å². The van der Waals surface area contributed by atoms with E-state index in [9.17, 15) is 9.59 Å². The zero-order valence-corrected chi connectivity index (χ0v) is 18.3. The fourth-order valence-electron chi connectivity index (χ4n) is 3.64. The van der Waals surface area contributed by atoms with Gasteiger partial charge in [0, 0.05) is 11.1 Å². The van der Waals surface area contributed by atoms with Crippen molar-refractivity contribution in [2.45, 2.75) is 19.6 Å². The number of carbonyl (C=O) groups is 2. The molecule has 2 amide bonds. The number of fused-ring (bicyclic) bond motifs is 1. The molecule has 6 nitrogen and oxygen atoms in total. The quantitative estimate of drug-likeness (QED) is 0.411. The second-order valence-corrected chi connectivity index (χ2v) is 7.61. The Bertz CT molecular complexity index is 1250. The number of hydrogen-bond acceptors (Lipinski definition) is 5. The van der Waals surface area contributed by atoms with Crippen molar-refractivity contribution in [3.63, 3.8) is 0 Å². The highest BCUT2D eigenvalue weighted by Gasteiger charge is 2.34. The molecule has 0 aromatic heterocycles. The molecule has 4 rings (SSSR count). The van der Waals surface area contributed by atoms with Crippen LogP contribution in [-0.2, 0) is 11.3 Å². The zero-order valence-electron chi connectivity index (χ0n) is 18.3. The summed E-state index contributed by atoms with van der Waals surface area (Å²) < 4.78 is 10.7. The predicted octanol–water partition coefficient (Wildman–Crippen LogP) is 4.71. The van der Waals surface area contributed by atoms with E-state index in [1.54, 1.807) is 62.6 Å². The standard InChI is InChI=1S/C27H22N2O4/c1-18(16-28)33-22-13-7-19(8-14-22)15-25-23-5-3-4-6-24(23)26(30)29(27(25)31)17-20-9-11-21(32-2)12-10-20/h3-15,18H,17H2,1-2H3/b25-15+/t18-/m0/s1. The highest BCUT2D eigenvalue weighted by molar-refractivity contribution is 6.33. The van der Waals surface area contributed by atoms with E-state index < -0.39 is 6.10 Å². The average Bonchev–Trinajstić information content (AvgIpc) is 2.85. The van der Waals surface area contributed by atoms with Crippen LogP contribution in [0.3, 0.4) is 0 Å². The number of ether oxygens (including phenoxy) is 2. The Hall–Kier alpha value is -4.37. The van der Waals surface area contributed by atoms with E-state index in [2.05, 4.69) is 0 Å². The van der Waals surface area contributed by atoms with Crippen LogP contribution in [0.5, 0.6) is 11.5 Å². The fraction of sp³-hybridized carbons (Fsp3) is 0.148. The highest BCUT2D eigenvalue weighted by Crippen LogP contribution is 2.32. The van der Waals surface area contributed by atoms with Crippen molar-refractivity contribution < 1.29 is 19.1 Å². The minimum atomic E-state index is -0.557. The molecule has 0 fully saturated rings. The molecule has 3 aromatic carbocycles. The summed E-state index contributed by atoms with van der Waals surface area (Å²) in [5.41, 5.74) is 3.14. The third-order valence-corrected chi connectivity index (χ3v) is 5.35. The van der Waals surface area contributed by atoms with Crippen molar-refractivity contribution in [3.8, 4) is 17.6 Å². The van der Waals surface area contributed by atoms with Crippen LogP contribution in [0.15, 0.2) is 72.8 Å². The summed E-state index contributed by atoms with van der Waals surface area (Å²) in [5.74, 6) is 0.598. The maximum Gasteiger partial charge on any atom is 0.261 e. The van der Waals surface area contributed by atoms with E-state index in [4.69, 9.17) is 14.7 Å². The third kappa shape index (κ3) is 4.63. The van der Waals surface area contributed by atoms with E-state index in [0.717, 1.165) is 11.1 Å². The number of rotatable bonds is 6. The molecule has 0 saturated heterocycles. The Morgan fingerprint density at radius 2 is 1.55 bits per heavy atom. The Labute approximate surface area is 192 Å². The first kappa shape index (κ1) is 21.8. The van der Waals surface area contributed by atoms with Gasteiger partial charge in [-0.05, 0) is 60.0 Å². The van der Waals surface area contributed by atoms with Gasteiger partial charge in [-0.1, -0.05) is 42.5 Å². The van der Waals surface area contributed by atoms with Crippen molar-refractivity contribution in [1.82, 2.24) is 4.90 Å². The molecule has 1 atom stereocenters. The van der Waals surface area contributed by atoms with Gasteiger partial charge < -0.3 is 9.47 Å². The molecule has 164 valence electrons. The summed E-state index contributed by atoms with van der Waals surface area (Å²) in [4.78, 5) is 27.8. The lowest BCUT2D eigenvalue weighted by Crippen LogP contribution is -2.41. The number of hydrogen-bond donors (Lipinski definition) is 0. The molecule has 0 bridgehead atoms. The van der Waals surface area contributed by atoms with Crippen LogP contribution < -0.4 is 9.47 Å². The summed E-state index contributed by atoms with van der Waals surface area (Å²) in [6.07, 6.45) is 1.21. The molecule has 1 aliphatic heterocycles. The van der Waals surface area contributed by atoms with E-state index in [1.807, 2.05) is 36.4 Å². The first-order valence-electron chi connectivity index (χ1n) is 10.5. The number of imide groups is 1. The summed E-state index contributed by atoms with van der Waals surface area (Å²) in [7, 11) is 1.59. The van der Waals surface area contributed by atoms with Gasteiger partial charge in [-0.25, -0.2) is 0 Å². The molecule has 0 spiro atoms. The second-order valence-electron chi connectivity index (χ2n) is 7.61. The van der Waals surface area contributed by atoms with Gasteiger partial charge in [0.25, 0.3) is 11.8 Å². The molecule has 1 aliphatic rings. The third-order valence-electron chi connectivity index (χ3n) is 5.35. The topological polar surface area (TPSA) is 79.6 Å². The van der Waals surface area contributed by atoms with Crippen molar-refractivity contribution in [3.05, 3.63) is 95.1 Å². The van der Waals surface area contributed by atoms with E-state index in [0.29, 0.717) is 28.2 Å². The molecule has 1 heterocycles. The number of methoxy groups -OCH3 is 1. The van der Waals surface area contributed by atoms with Gasteiger partial charge in [-0.2, -0.15) is 5.26 Å². The monoisotopic (exact) mass is 438 g/mol. The van der Waals surface area contributed by atoms with Crippen LogP contribution in [0, 0.1) is 11.3 Å². The Morgan fingerprint density at radius 1 is 0.909 bits per heavy atom. The normalized spacial score (nSPS) is 15.1. The molecular weight excluding hydrogens is 416 g/mol. The van der Waals surface area contributed by atoms with Crippen LogP contribution in [0.2, 0.25) is 0 Å². The number of benzene rings is 3. The van der Waals surface area contributed by atoms with Gasteiger partial charge in [0.1, 0.15) is 17.6 Å². The number of amides is 2. The lowest BCUT2D eigenvalue weighted by molar-refractivity contribution is -0.123. The van der Waals surface area contributed by atoms with Crippen LogP contribution in [0.25, 0.3) is 11.6 Å². The maximum atomic E-state index is 13.4. The minimum Gasteiger partial charge on any atom is -0.497 e. The Kier molecular flexibility index (Phi) is 6.23. The highest BCUT2D eigenvalue weighted by atomic mass is 16.5. The number of nitriles is 1. The largest absolute Gasteiger partial charge is 0.497 e. The molecule has 0 saturated carbocycles. The molecule has 3 aromatic rings. The maximum absolute atomic E-state index is 13.4. The molecule has 0 aliphatic carbocycles. The first-order chi connectivity index (χ1) is 16.0. The summed E-state index contributed by atoms with van der Waals surface area (Å²) in [6.45, 7) is 1.83. The minimum absolute atomic E-state index is 0.159. The zero-order chi connectivity index (χ0) is 23.4. The fourth-order valence-corrected chi connectivity index (χ4v) is 3.64. The van der Waals surface area contributed by atoms with Gasteiger partial charge in [-0.15, -0.1) is 0 Å². The summed E-state index contributed by atoms with van der Waals surface area (Å²) in [5, 5.41) is 8.91. The number of nitrogens with zero attached hydrogens (tertiary/aromatic N) is 2. The van der Waals surface area contributed by atoms with E-state index in [-0.39, 0.29) is 18.4 Å². The SMILES string of the molecule is COc1ccc(CN2C(=O)/C(=C/c3ccc(O[C@@H](C)C#N)cc3)c3ccccc3C2=O)cc1. The summed E-state index contributed by atoms with van der Waals surface area (Å²) in [6, 6.07) is 23.5. The molecule has 0 N–H and O–H groups in total. The van der Waals surface area contributed by atoms with Gasteiger partial charge in [0.15, 0.2) is 6.10 Å². The van der Waals surface area contributed by atoms with Gasteiger partial charge in [-0.3, -0.25) is 14.5 Å². The second kappa shape index (κ2) is 9.41. The molecule has 0 radical (unpaired) electrons. The smallest absolute Gasteiger partial charge is 0.261 e. The van der Waals surface area contributed by atoms with Crippen LogP contribution in [0.4, 0.5) is 0 Å². The van der Waals surface area contributed by atoms with Crippen LogP contribution >= 0.6 is 0 Å². The van der Waals surface area contributed by atoms with Crippen molar-refractivity contribution in [2.75, 3.05) is 7.11 Å². The molecular formula is C27H22N2O4. The number of carbonyl (C=O) groups excluding carboxylic acids is 2. The van der Waals surface area contributed by atoms with Crippen LogP contribution in [0.1, 0.15) is 34.0 Å². The van der Waals surface area contributed by atoms with Crippen molar-refractivity contribution >= 4 is 23.5 Å². The predicted molar refractivity (Wildman–Crippen MR) is 124 cm³/mol. The first-order valence-corrected chi connectivity index (χ1v) is 10.5. The van der Waals surface area contributed by atoms with E-state index >= 15 is 0 Å². The van der Waals surface area contributed by atoms with Crippen molar-refractivity contribution in [2.24, 2.45) is 0 Å². The van der Waals surface area contributed by atoms with Gasteiger partial charge in [0.05, 0.1) is 13.7 Å². The van der Waals surface area contributed by atoms with Crippen LogP contribution in [-0.4, -0.2) is 29.9 Å². The summed E-state index contributed by atoms with van der Waals surface area (Å²) >= 11 is 0. The molecule has 0 unspecified atom stereocenters.